The Kier molecular flexibility index (Phi) is 7.39. The van der Waals surface area contributed by atoms with Crippen LogP contribution >= 0.6 is 23.4 Å². The van der Waals surface area contributed by atoms with Gasteiger partial charge in [0.2, 0.25) is 0 Å². The van der Waals surface area contributed by atoms with Gasteiger partial charge >= 0.3 is 0 Å². The number of nitrogens with zero attached hydrogens (tertiary/aromatic N) is 3. The van der Waals surface area contributed by atoms with Crippen LogP contribution in [0.15, 0.2) is 111 Å². The molecular weight excluding hydrogens is 510 g/mol. The molecule has 1 fully saturated rings. The number of phenols is 1. The Morgan fingerprint density at radius 3 is 2.65 bits per heavy atom. The van der Waals surface area contributed by atoms with Crippen molar-refractivity contribution in [1.82, 2.24) is 4.90 Å². The molecule has 1 N–H and O–H groups in total. The number of amides is 1. The van der Waals surface area contributed by atoms with Crippen LogP contribution < -0.4 is 4.74 Å². The topological polar surface area (TPSA) is 87.6 Å². The molecule has 1 aliphatic rings. The largest absolute Gasteiger partial charge is 0.507 e. The van der Waals surface area contributed by atoms with Gasteiger partial charge in [-0.1, -0.05) is 41.9 Å². The summed E-state index contributed by atoms with van der Waals surface area (Å²) in [7, 11) is 0. The lowest BCUT2D eigenvalue weighted by Gasteiger charge is -2.12. The second-order valence-electron chi connectivity index (χ2n) is 7.90. The molecule has 1 saturated heterocycles. The number of thioether (sulfide) groups is 1. The Labute approximate surface area is 222 Å². The third-order valence-corrected chi connectivity index (χ3v) is 6.48. The fourth-order valence-corrected chi connectivity index (χ4v) is 4.61. The van der Waals surface area contributed by atoms with Gasteiger partial charge in [0.1, 0.15) is 23.0 Å². The first-order valence-corrected chi connectivity index (χ1v) is 12.4. The molecule has 4 aromatic rings. The fourth-order valence-electron chi connectivity index (χ4n) is 3.49. The lowest BCUT2D eigenvalue weighted by atomic mass is 10.2. The molecule has 1 aliphatic heterocycles. The van der Waals surface area contributed by atoms with E-state index in [9.17, 15) is 9.90 Å². The van der Waals surface area contributed by atoms with E-state index in [1.165, 1.54) is 28.9 Å². The average Bonchev–Trinajstić information content (AvgIpc) is 3.51. The van der Waals surface area contributed by atoms with Gasteiger partial charge in [0.05, 0.1) is 23.9 Å². The molecule has 0 bridgehead atoms. The summed E-state index contributed by atoms with van der Waals surface area (Å²) in [5.41, 5.74) is 1.21. The third kappa shape index (κ3) is 6.11. The molecule has 0 saturated carbocycles. The second-order valence-corrected chi connectivity index (χ2v) is 9.34. The molecule has 1 amide bonds. The minimum Gasteiger partial charge on any atom is -0.507 e. The van der Waals surface area contributed by atoms with Crippen LogP contribution in [-0.2, 0) is 11.3 Å². The standard InChI is InChI=1S/C28H20ClN3O4S/c29-21-11-12-25(33)20(16-21)17-30-31-28-32(18-24-10-5-13-35-24)27(34)26(37-28)15-19-6-4-9-23(14-19)36-22-7-2-1-3-8-22/h1-17,33H,18H2/b26-15-,30-17+,31-28-. The summed E-state index contributed by atoms with van der Waals surface area (Å²) in [6.07, 6.45) is 4.72. The number of carbonyl (C=O) groups excluding carboxylic acids is 1. The Bertz CT molecular complexity index is 1500. The highest BCUT2D eigenvalue weighted by atomic mass is 35.5. The number of aromatic hydroxyl groups is 1. The molecule has 184 valence electrons. The molecule has 0 radical (unpaired) electrons. The van der Waals surface area contributed by atoms with Crippen LogP contribution in [0.4, 0.5) is 0 Å². The summed E-state index contributed by atoms with van der Waals surface area (Å²) >= 11 is 7.20. The Balaban J connectivity index is 1.41. The van der Waals surface area contributed by atoms with Crippen LogP contribution in [0.5, 0.6) is 17.2 Å². The average molecular weight is 530 g/mol. The van der Waals surface area contributed by atoms with Crippen LogP contribution in [-0.4, -0.2) is 27.3 Å². The maximum Gasteiger partial charge on any atom is 0.267 e. The SMILES string of the molecule is O=C1/C(=C/c2cccc(Oc3ccccc3)c2)S/C(=N\N=C\c2cc(Cl)ccc2O)N1Cc1ccco1. The number of rotatable bonds is 7. The van der Waals surface area contributed by atoms with Gasteiger partial charge in [-0.2, -0.15) is 5.10 Å². The maximum absolute atomic E-state index is 13.3. The number of amidine groups is 1. The van der Waals surface area contributed by atoms with Gasteiger partial charge in [0.15, 0.2) is 5.17 Å². The monoisotopic (exact) mass is 529 g/mol. The van der Waals surface area contributed by atoms with Gasteiger partial charge < -0.3 is 14.3 Å². The number of hydrogen-bond acceptors (Lipinski definition) is 7. The van der Waals surface area contributed by atoms with E-state index in [-0.39, 0.29) is 18.2 Å². The zero-order valence-corrected chi connectivity index (χ0v) is 20.9. The minimum absolute atomic E-state index is 0.0223. The molecule has 1 aromatic heterocycles. The number of halogens is 1. The molecule has 0 spiro atoms. The zero-order valence-electron chi connectivity index (χ0n) is 19.3. The van der Waals surface area contributed by atoms with Crippen LogP contribution in [0.1, 0.15) is 16.9 Å². The molecule has 0 aliphatic carbocycles. The molecule has 0 unspecified atom stereocenters. The molecule has 7 nitrogen and oxygen atoms in total. The van der Waals surface area contributed by atoms with Crippen LogP contribution in [0.2, 0.25) is 5.02 Å². The molecular formula is C28H20ClN3O4S. The highest BCUT2D eigenvalue weighted by molar-refractivity contribution is 8.18. The Morgan fingerprint density at radius 1 is 1.00 bits per heavy atom. The summed E-state index contributed by atoms with van der Waals surface area (Å²) in [6, 6.07) is 25.1. The van der Waals surface area contributed by atoms with Crippen molar-refractivity contribution in [3.05, 3.63) is 118 Å². The summed E-state index contributed by atoms with van der Waals surface area (Å²) in [5, 5.41) is 19.2. The first-order valence-electron chi connectivity index (χ1n) is 11.2. The second kappa shape index (κ2) is 11.2. The normalized spacial score (nSPS) is 15.8. The lowest BCUT2D eigenvalue weighted by molar-refractivity contribution is -0.122. The molecule has 0 atom stereocenters. The van der Waals surface area contributed by atoms with E-state index < -0.39 is 0 Å². The van der Waals surface area contributed by atoms with Gasteiger partial charge in [-0.25, -0.2) is 0 Å². The predicted octanol–water partition coefficient (Wildman–Crippen LogP) is 6.94. The van der Waals surface area contributed by atoms with Gasteiger partial charge in [-0.3, -0.25) is 9.69 Å². The van der Waals surface area contributed by atoms with E-state index in [0.717, 1.165) is 11.3 Å². The number of furan rings is 1. The van der Waals surface area contributed by atoms with Gasteiger partial charge in [0.25, 0.3) is 5.91 Å². The van der Waals surface area contributed by atoms with Crippen molar-refractivity contribution in [2.24, 2.45) is 10.2 Å². The summed E-state index contributed by atoms with van der Waals surface area (Å²) in [6.45, 7) is 0.199. The first-order chi connectivity index (χ1) is 18.0. The molecule has 37 heavy (non-hydrogen) atoms. The van der Waals surface area contributed by atoms with Crippen molar-refractivity contribution in [3.63, 3.8) is 0 Å². The highest BCUT2D eigenvalue weighted by Crippen LogP contribution is 2.34. The number of ether oxygens (including phenoxy) is 1. The van der Waals surface area contributed by atoms with Gasteiger partial charge in [0, 0.05) is 10.6 Å². The van der Waals surface area contributed by atoms with Crippen LogP contribution in [0, 0.1) is 0 Å². The van der Waals surface area contributed by atoms with Crippen molar-refractivity contribution in [2.75, 3.05) is 0 Å². The highest BCUT2D eigenvalue weighted by Gasteiger charge is 2.34. The van der Waals surface area contributed by atoms with Crippen LogP contribution in [0.3, 0.4) is 0 Å². The number of phenolic OH excluding ortho intramolecular Hbond substituents is 1. The first kappa shape index (κ1) is 24.4. The Morgan fingerprint density at radius 2 is 1.84 bits per heavy atom. The fraction of sp³-hybridized carbons (Fsp3) is 0.0357. The summed E-state index contributed by atoms with van der Waals surface area (Å²) in [5.74, 6) is 1.78. The maximum atomic E-state index is 13.3. The molecule has 3 aromatic carbocycles. The van der Waals surface area contributed by atoms with Crippen molar-refractivity contribution < 1.29 is 19.1 Å². The smallest absolute Gasteiger partial charge is 0.267 e. The molecule has 5 rings (SSSR count). The number of hydrogen-bond donors (Lipinski definition) is 1. The van der Waals surface area contributed by atoms with Crippen LogP contribution in [0.25, 0.3) is 6.08 Å². The van der Waals surface area contributed by atoms with E-state index in [2.05, 4.69) is 10.2 Å². The zero-order chi connectivity index (χ0) is 25.6. The van der Waals surface area contributed by atoms with Gasteiger partial charge in [-0.05, 0) is 78.0 Å². The van der Waals surface area contributed by atoms with Crippen molar-refractivity contribution in [2.45, 2.75) is 6.54 Å². The summed E-state index contributed by atoms with van der Waals surface area (Å²) < 4.78 is 11.4. The molecule has 9 heteroatoms. The minimum atomic E-state index is -0.227. The van der Waals surface area contributed by atoms with E-state index >= 15 is 0 Å². The van der Waals surface area contributed by atoms with E-state index in [1.54, 1.807) is 36.6 Å². The van der Waals surface area contributed by atoms with E-state index in [4.69, 9.17) is 20.8 Å². The quantitative estimate of drug-likeness (QED) is 0.159. The molecule has 2 heterocycles. The van der Waals surface area contributed by atoms with Crippen molar-refractivity contribution in [3.8, 4) is 17.2 Å². The lowest BCUT2D eigenvalue weighted by Crippen LogP contribution is -2.28. The number of carbonyl (C=O) groups is 1. The summed E-state index contributed by atoms with van der Waals surface area (Å²) in [4.78, 5) is 15.3. The van der Waals surface area contributed by atoms with Gasteiger partial charge in [-0.15, -0.1) is 5.10 Å². The third-order valence-electron chi connectivity index (χ3n) is 5.25. The number of para-hydroxylation sites is 1. The van der Waals surface area contributed by atoms with Crippen molar-refractivity contribution >= 4 is 46.7 Å². The van der Waals surface area contributed by atoms with E-state index in [1.807, 2.05) is 54.6 Å². The Hall–Kier alpha value is -4.27. The van der Waals surface area contributed by atoms with E-state index in [0.29, 0.717) is 32.2 Å². The number of benzene rings is 3. The van der Waals surface area contributed by atoms with Crippen molar-refractivity contribution in [1.29, 1.82) is 0 Å². The predicted molar refractivity (Wildman–Crippen MR) is 146 cm³/mol.